The molecule has 0 bridgehead atoms. The number of piperazine rings is 1. The van der Waals surface area contributed by atoms with Crippen LogP contribution in [0, 0.1) is 5.82 Å². The summed E-state index contributed by atoms with van der Waals surface area (Å²) in [6.07, 6.45) is -1.82. The number of alkyl halides is 3. The van der Waals surface area contributed by atoms with Gasteiger partial charge < -0.3 is 9.80 Å². The van der Waals surface area contributed by atoms with E-state index in [0.717, 1.165) is 24.5 Å². The zero-order valence-electron chi connectivity index (χ0n) is 16.0. The molecule has 1 saturated heterocycles. The van der Waals surface area contributed by atoms with Gasteiger partial charge in [0.05, 0.1) is 11.1 Å². The normalized spacial score (nSPS) is 17.5. The average Bonchev–Trinajstić information content (AvgIpc) is 3.52. The van der Waals surface area contributed by atoms with E-state index in [2.05, 4.69) is 4.98 Å². The van der Waals surface area contributed by atoms with Crippen LogP contribution in [0.5, 0.6) is 0 Å². The van der Waals surface area contributed by atoms with Gasteiger partial charge in [-0.2, -0.15) is 13.2 Å². The van der Waals surface area contributed by atoms with Gasteiger partial charge in [0.2, 0.25) is 0 Å². The van der Waals surface area contributed by atoms with Crippen LogP contribution in [0.15, 0.2) is 30.5 Å². The first-order valence-electron chi connectivity index (χ1n) is 9.61. The molecule has 4 nitrogen and oxygen atoms in total. The molecule has 2 fully saturated rings. The Hall–Kier alpha value is -2.58. The van der Waals surface area contributed by atoms with E-state index in [1.807, 2.05) is 4.90 Å². The molecule has 1 amide bonds. The first-order chi connectivity index (χ1) is 13.7. The smallest absolute Gasteiger partial charge is 0.353 e. The summed E-state index contributed by atoms with van der Waals surface area (Å²) in [6.45, 7) is 1.60. The van der Waals surface area contributed by atoms with Gasteiger partial charge in [-0.1, -0.05) is 11.5 Å². The quantitative estimate of drug-likeness (QED) is 0.581. The monoisotopic (exact) mass is 405 g/mol. The van der Waals surface area contributed by atoms with Crippen molar-refractivity contribution < 1.29 is 22.4 Å². The molecule has 0 spiro atoms. The highest BCUT2D eigenvalue weighted by atomic mass is 19.4. The minimum absolute atomic E-state index is 0.0374. The first kappa shape index (κ1) is 19.7. The Kier molecular flexibility index (Phi) is 5.00. The van der Waals surface area contributed by atoms with E-state index < -0.39 is 17.6 Å². The van der Waals surface area contributed by atoms with Gasteiger partial charge in [0.15, 0.2) is 0 Å². The fourth-order valence-corrected chi connectivity index (χ4v) is 3.67. The number of hydrogen-bond donors (Lipinski definition) is 0. The molecule has 4 rings (SSSR count). The minimum Gasteiger partial charge on any atom is -0.353 e. The number of carbonyl (C=O) groups excluding carboxylic acids is 1. The SMILES string of the molecule is Bc1ccc(C(=O)N2CCN(c3ncc(C(F)(F)F)cc3C3CC3)CC2)c(F)c1. The number of benzene rings is 1. The molecule has 1 aliphatic carbocycles. The van der Waals surface area contributed by atoms with Gasteiger partial charge in [-0.25, -0.2) is 9.37 Å². The molecule has 0 unspecified atom stereocenters. The van der Waals surface area contributed by atoms with Gasteiger partial charge in [0.1, 0.15) is 19.5 Å². The largest absolute Gasteiger partial charge is 0.417 e. The number of pyridine rings is 1. The standard InChI is InChI=1S/C20H20BF4N3O/c21-14-3-4-15(17(22)10-14)19(29)28-7-5-27(6-8-28)18-16(12-1-2-12)9-13(11-26-18)20(23,24)25/h3-4,9-12H,1-2,5-8,21H2. The third kappa shape index (κ3) is 4.09. The Balaban J connectivity index is 1.49. The molecular weight excluding hydrogens is 385 g/mol. The maximum Gasteiger partial charge on any atom is 0.417 e. The van der Waals surface area contributed by atoms with Crippen molar-refractivity contribution in [1.82, 2.24) is 9.88 Å². The van der Waals surface area contributed by atoms with Gasteiger partial charge in [-0.3, -0.25) is 4.79 Å². The number of anilines is 1. The van der Waals surface area contributed by atoms with Crippen LogP contribution in [-0.2, 0) is 6.18 Å². The Morgan fingerprint density at radius 1 is 1.10 bits per heavy atom. The zero-order valence-corrected chi connectivity index (χ0v) is 16.0. The first-order valence-corrected chi connectivity index (χ1v) is 9.61. The molecule has 2 aromatic rings. The molecular formula is C20H20BF4N3O. The molecule has 1 aromatic heterocycles. The summed E-state index contributed by atoms with van der Waals surface area (Å²) in [7, 11) is 1.75. The lowest BCUT2D eigenvalue weighted by molar-refractivity contribution is -0.137. The number of nitrogens with zero attached hydrogens (tertiary/aromatic N) is 3. The lowest BCUT2D eigenvalue weighted by Crippen LogP contribution is -2.49. The molecule has 1 aliphatic heterocycles. The second kappa shape index (κ2) is 7.35. The van der Waals surface area contributed by atoms with Crippen molar-refractivity contribution in [3.05, 3.63) is 53.0 Å². The van der Waals surface area contributed by atoms with Gasteiger partial charge in [0, 0.05) is 32.4 Å². The third-order valence-corrected chi connectivity index (χ3v) is 5.46. The van der Waals surface area contributed by atoms with Gasteiger partial charge in [-0.15, -0.1) is 0 Å². The van der Waals surface area contributed by atoms with Crippen molar-refractivity contribution in [2.24, 2.45) is 0 Å². The van der Waals surface area contributed by atoms with Crippen LogP contribution in [0.1, 0.15) is 40.2 Å². The number of carbonyl (C=O) groups is 1. The summed E-state index contributed by atoms with van der Waals surface area (Å²) in [5.74, 6) is -0.238. The van der Waals surface area contributed by atoms with Gasteiger partial charge in [0.25, 0.3) is 5.91 Å². The van der Waals surface area contributed by atoms with Crippen molar-refractivity contribution in [2.75, 3.05) is 31.1 Å². The fraction of sp³-hybridized carbons (Fsp3) is 0.400. The summed E-state index contributed by atoms with van der Waals surface area (Å²) in [4.78, 5) is 20.3. The summed E-state index contributed by atoms with van der Waals surface area (Å²) in [5, 5.41) is 0. The zero-order chi connectivity index (χ0) is 20.8. The second-order valence-electron chi connectivity index (χ2n) is 7.67. The van der Waals surface area contributed by atoms with Gasteiger partial charge >= 0.3 is 6.18 Å². The van der Waals surface area contributed by atoms with Crippen LogP contribution in [-0.4, -0.2) is 49.8 Å². The molecule has 0 radical (unpaired) electrons. The van der Waals surface area contributed by atoms with Crippen molar-refractivity contribution in [3.8, 4) is 0 Å². The highest BCUT2D eigenvalue weighted by Gasteiger charge is 2.36. The average molecular weight is 405 g/mol. The molecule has 0 atom stereocenters. The van der Waals surface area contributed by atoms with Crippen molar-refractivity contribution in [3.63, 3.8) is 0 Å². The molecule has 152 valence electrons. The van der Waals surface area contributed by atoms with E-state index in [4.69, 9.17) is 0 Å². The lowest BCUT2D eigenvalue weighted by atomic mass is 9.94. The van der Waals surface area contributed by atoms with Crippen molar-refractivity contribution in [1.29, 1.82) is 0 Å². The Labute approximate surface area is 166 Å². The number of aromatic nitrogens is 1. The number of amides is 1. The van der Waals surface area contributed by atoms with E-state index in [1.165, 1.54) is 18.2 Å². The molecule has 9 heteroatoms. The summed E-state index contributed by atoms with van der Waals surface area (Å²) in [6, 6.07) is 5.72. The lowest BCUT2D eigenvalue weighted by Gasteiger charge is -2.36. The van der Waals surface area contributed by atoms with E-state index in [9.17, 15) is 22.4 Å². The molecule has 0 N–H and O–H groups in total. The molecule has 2 aliphatic rings. The second-order valence-corrected chi connectivity index (χ2v) is 7.67. The molecule has 2 heterocycles. The van der Waals surface area contributed by atoms with Crippen molar-refractivity contribution >= 4 is 25.0 Å². The maximum atomic E-state index is 14.1. The summed E-state index contributed by atoms with van der Waals surface area (Å²) < 4.78 is 53.3. The molecule has 1 aromatic carbocycles. The summed E-state index contributed by atoms with van der Waals surface area (Å²) >= 11 is 0. The third-order valence-electron chi connectivity index (χ3n) is 5.46. The Morgan fingerprint density at radius 2 is 1.79 bits per heavy atom. The predicted molar refractivity (Wildman–Crippen MR) is 104 cm³/mol. The van der Waals surface area contributed by atoms with Gasteiger partial charge in [-0.05, 0) is 42.5 Å². The summed E-state index contributed by atoms with van der Waals surface area (Å²) in [5.41, 5.74) is 0.677. The van der Waals surface area contributed by atoms with E-state index >= 15 is 0 Å². The Bertz CT molecular complexity index is 938. The minimum atomic E-state index is -4.42. The van der Waals surface area contributed by atoms with Crippen LogP contribution in [0.3, 0.4) is 0 Å². The van der Waals surface area contributed by atoms with E-state index in [0.29, 0.717) is 37.6 Å². The molecule has 29 heavy (non-hydrogen) atoms. The molecule has 1 saturated carbocycles. The van der Waals surface area contributed by atoms with E-state index in [-0.39, 0.29) is 17.4 Å². The van der Waals surface area contributed by atoms with Crippen LogP contribution in [0.2, 0.25) is 0 Å². The van der Waals surface area contributed by atoms with Crippen LogP contribution in [0.4, 0.5) is 23.4 Å². The predicted octanol–water partition coefficient (Wildman–Crippen LogP) is 2.34. The fourth-order valence-electron chi connectivity index (χ4n) is 3.67. The number of rotatable bonds is 3. The topological polar surface area (TPSA) is 36.4 Å². The highest BCUT2D eigenvalue weighted by molar-refractivity contribution is 6.32. The maximum absolute atomic E-state index is 14.1. The highest BCUT2D eigenvalue weighted by Crippen LogP contribution is 2.45. The van der Waals surface area contributed by atoms with Crippen LogP contribution < -0.4 is 10.4 Å². The van der Waals surface area contributed by atoms with Crippen LogP contribution in [0.25, 0.3) is 0 Å². The Morgan fingerprint density at radius 3 is 2.38 bits per heavy atom. The van der Waals surface area contributed by atoms with Crippen molar-refractivity contribution in [2.45, 2.75) is 24.9 Å². The van der Waals surface area contributed by atoms with E-state index in [1.54, 1.807) is 18.8 Å². The number of hydrogen-bond acceptors (Lipinski definition) is 3. The van der Waals surface area contributed by atoms with Crippen LogP contribution >= 0.6 is 0 Å². The number of halogens is 4.